The van der Waals surface area contributed by atoms with E-state index in [2.05, 4.69) is 10.2 Å². The van der Waals surface area contributed by atoms with Gasteiger partial charge >= 0.3 is 5.69 Å². The predicted molar refractivity (Wildman–Crippen MR) is 62.4 cm³/mol. The molecule has 0 saturated heterocycles. The van der Waals surface area contributed by atoms with E-state index in [0.29, 0.717) is 17.8 Å². The Balaban J connectivity index is 2.37. The average Bonchev–Trinajstić information content (AvgIpc) is 2.63. The number of nitrogens with zero attached hydrogens (tertiary/aromatic N) is 2. The van der Waals surface area contributed by atoms with Crippen LogP contribution in [-0.2, 0) is 6.42 Å². The smallest absolute Gasteiger partial charge is 0.276 e. The van der Waals surface area contributed by atoms with E-state index in [-0.39, 0.29) is 17.5 Å². The zero-order valence-corrected chi connectivity index (χ0v) is 9.77. The molecule has 1 heterocycles. The number of hydrogen-bond donors (Lipinski definition) is 1. The molecule has 17 heavy (non-hydrogen) atoms. The second kappa shape index (κ2) is 4.53. The van der Waals surface area contributed by atoms with Crippen molar-refractivity contribution in [2.24, 2.45) is 0 Å². The number of nitrogens with one attached hydrogen (secondary N) is 1. The number of rotatable bonds is 3. The van der Waals surface area contributed by atoms with Gasteiger partial charge < -0.3 is 0 Å². The molecular formula is C12H14FN3O. The highest BCUT2D eigenvalue weighted by Gasteiger charge is 2.13. The Labute approximate surface area is 98.1 Å². The SMILES string of the molecule is CC(C)n1c(Cc2ccccc2F)n[nH]c1=O. The fraction of sp³-hybridized carbons (Fsp3) is 0.333. The molecule has 0 radical (unpaired) electrons. The molecule has 0 saturated carbocycles. The number of halogens is 1. The van der Waals surface area contributed by atoms with Gasteiger partial charge in [-0.2, -0.15) is 5.10 Å². The Kier molecular flexibility index (Phi) is 3.08. The lowest BCUT2D eigenvalue weighted by Crippen LogP contribution is -2.21. The molecule has 0 aliphatic rings. The fourth-order valence-corrected chi connectivity index (χ4v) is 1.81. The third-order valence-corrected chi connectivity index (χ3v) is 2.60. The quantitative estimate of drug-likeness (QED) is 0.883. The molecule has 0 amide bonds. The molecule has 2 aromatic rings. The zero-order chi connectivity index (χ0) is 12.4. The number of aromatic nitrogens is 3. The lowest BCUT2D eigenvalue weighted by Gasteiger charge is -2.09. The highest BCUT2D eigenvalue weighted by Crippen LogP contribution is 2.12. The van der Waals surface area contributed by atoms with E-state index in [0.717, 1.165) is 0 Å². The van der Waals surface area contributed by atoms with Crippen LogP contribution in [0.25, 0.3) is 0 Å². The minimum Gasteiger partial charge on any atom is -0.276 e. The van der Waals surface area contributed by atoms with Crippen LogP contribution < -0.4 is 5.69 Å². The van der Waals surface area contributed by atoms with E-state index < -0.39 is 0 Å². The van der Waals surface area contributed by atoms with E-state index in [4.69, 9.17) is 0 Å². The van der Waals surface area contributed by atoms with Crippen LogP contribution in [-0.4, -0.2) is 14.8 Å². The minimum atomic E-state index is -0.279. The summed E-state index contributed by atoms with van der Waals surface area (Å²) in [6.45, 7) is 3.78. The zero-order valence-electron chi connectivity index (χ0n) is 9.77. The van der Waals surface area contributed by atoms with Crippen molar-refractivity contribution in [3.8, 4) is 0 Å². The molecular weight excluding hydrogens is 221 g/mol. The molecule has 4 nitrogen and oxygen atoms in total. The van der Waals surface area contributed by atoms with Crippen molar-refractivity contribution in [2.45, 2.75) is 26.3 Å². The second-order valence-electron chi connectivity index (χ2n) is 4.18. The molecule has 2 rings (SSSR count). The Morgan fingerprint density at radius 2 is 2.12 bits per heavy atom. The van der Waals surface area contributed by atoms with Gasteiger partial charge in [-0.3, -0.25) is 4.57 Å². The molecule has 1 N–H and O–H groups in total. The van der Waals surface area contributed by atoms with Crippen LogP contribution in [0.5, 0.6) is 0 Å². The van der Waals surface area contributed by atoms with E-state index in [1.807, 2.05) is 13.8 Å². The first-order valence-corrected chi connectivity index (χ1v) is 5.48. The molecule has 0 bridgehead atoms. The molecule has 0 atom stereocenters. The van der Waals surface area contributed by atoms with Crippen molar-refractivity contribution < 1.29 is 4.39 Å². The summed E-state index contributed by atoms with van der Waals surface area (Å²) >= 11 is 0. The number of H-pyrrole nitrogens is 1. The van der Waals surface area contributed by atoms with Gasteiger partial charge in [-0.1, -0.05) is 18.2 Å². The molecule has 0 fully saturated rings. The summed E-state index contributed by atoms with van der Waals surface area (Å²) < 4.78 is 15.0. The first-order valence-electron chi connectivity index (χ1n) is 5.48. The molecule has 0 aliphatic carbocycles. The van der Waals surface area contributed by atoms with Crippen molar-refractivity contribution in [2.75, 3.05) is 0 Å². The van der Waals surface area contributed by atoms with Crippen molar-refractivity contribution in [1.82, 2.24) is 14.8 Å². The van der Waals surface area contributed by atoms with E-state index >= 15 is 0 Å². The maximum atomic E-state index is 13.5. The molecule has 1 aromatic heterocycles. The minimum absolute atomic E-state index is 0.00280. The van der Waals surface area contributed by atoms with Gasteiger partial charge in [0.2, 0.25) is 0 Å². The fourth-order valence-electron chi connectivity index (χ4n) is 1.81. The summed E-state index contributed by atoms with van der Waals surface area (Å²) in [5, 5.41) is 6.33. The van der Waals surface area contributed by atoms with Crippen LogP contribution in [0.4, 0.5) is 4.39 Å². The van der Waals surface area contributed by atoms with Crippen molar-refractivity contribution in [3.63, 3.8) is 0 Å². The third kappa shape index (κ3) is 2.27. The Morgan fingerprint density at radius 3 is 2.76 bits per heavy atom. The van der Waals surface area contributed by atoms with Gasteiger partial charge in [0.05, 0.1) is 0 Å². The average molecular weight is 235 g/mol. The van der Waals surface area contributed by atoms with Crippen LogP contribution in [0.2, 0.25) is 0 Å². The van der Waals surface area contributed by atoms with Gasteiger partial charge in [0, 0.05) is 12.5 Å². The number of hydrogen-bond acceptors (Lipinski definition) is 2. The van der Waals surface area contributed by atoms with Gasteiger partial charge in [0.25, 0.3) is 0 Å². The summed E-state index contributed by atoms with van der Waals surface area (Å²) in [6.07, 6.45) is 0.309. The third-order valence-electron chi connectivity index (χ3n) is 2.60. The van der Waals surface area contributed by atoms with Crippen LogP contribution >= 0.6 is 0 Å². The molecule has 0 aliphatic heterocycles. The van der Waals surface area contributed by atoms with Gasteiger partial charge in [0.1, 0.15) is 11.6 Å². The molecule has 5 heteroatoms. The lowest BCUT2D eigenvalue weighted by atomic mass is 10.1. The van der Waals surface area contributed by atoms with Crippen LogP contribution in [0.15, 0.2) is 29.1 Å². The molecule has 0 unspecified atom stereocenters. The van der Waals surface area contributed by atoms with E-state index in [1.54, 1.807) is 18.2 Å². The number of aromatic amines is 1. The van der Waals surface area contributed by atoms with Gasteiger partial charge in [-0.15, -0.1) is 0 Å². The largest absolute Gasteiger partial charge is 0.343 e. The van der Waals surface area contributed by atoms with Crippen molar-refractivity contribution >= 4 is 0 Å². The summed E-state index contributed by atoms with van der Waals surface area (Å²) in [5.74, 6) is 0.272. The Hall–Kier alpha value is -1.91. The summed E-state index contributed by atoms with van der Waals surface area (Å²) in [4.78, 5) is 11.5. The van der Waals surface area contributed by atoms with Crippen LogP contribution in [0, 0.1) is 5.82 Å². The predicted octanol–water partition coefficient (Wildman–Crippen LogP) is 1.88. The van der Waals surface area contributed by atoms with Gasteiger partial charge in [0.15, 0.2) is 0 Å². The first-order chi connectivity index (χ1) is 8.09. The van der Waals surface area contributed by atoms with Crippen LogP contribution in [0.3, 0.4) is 0 Å². The lowest BCUT2D eigenvalue weighted by molar-refractivity contribution is 0.552. The first kappa shape index (κ1) is 11.6. The van der Waals surface area contributed by atoms with Gasteiger partial charge in [-0.25, -0.2) is 14.3 Å². The summed E-state index contributed by atoms with van der Waals surface area (Å²) in [5.41, 5.74) is 0.278. The second-order valence-corrected chi connectivity index (χ2v) is 4.18. The Bertz CT molecular complexity index is 571. The van der Waals surface area contributed by atoms with E-state index in [9.17, 15) is 9.18 Å². The van der Waals surface area contributed by atoms with Gasteiger partial charge in [-0.05, 0) is 25.5 Å². The number of benzene rings is 1. The monoisotopic (exact) mass is 235 g/mol. The highest BCUT2D eigenvalue weighted by molar-refractivity contribution is 5.21. The summed E-state index contributed by atoms with van der Waals surface area (Å²) in [7, 11) is 0. The van der Waals surface area contributed by atoms with Crippen molar-refractivity contribution in [1.29, 1.82) is 0 Å². The molecule has 90 valence electrons. The molecule has 1 aromatic carbocycles. The highest BCUT2D eigenvalue weighted by atomic mass is 19.1. The summed E-state index contributed by atoms with van der Waals surface area (Å²) in [6, 6.07) is 6.50. The normalized spacial score (nSPS) is 11.1. The topological polar surface area (TPSA) is 50.7 Å². The van der Waals surface area contributed by atoms with Crippen LogP contribution in [0.1, 0.15) is 31.3 Å². The maximum Gasteiger partial charge on any atom is 0.343 e. The van der Waals surface area contributed by atoms with E-state index in [1.165, 1.54) is 10.6 Å². The maximum absolute atomic E-state index is 13.5. The standard InChI is InChI=1S/C12H14FN3O/c1-8(2)16-11(14-15-12(16)17)7-9-5-3-4-6-10(9)13/h3-6,8H,7H2,1-2H3,(H,15,17). The molecule has 0 spiro atoms. The van der Waals surface area contributed by atoms with Crippen molar-refractivity contribution in [3.05, 3.63) is 52.0 Å². The Morgan fingerprint density at radius 1 is 1.41 bits per heavy atom.